The molecule has 0 aromatic carbocycles. The lowest BCUT2D eigenvalue weighted by molar-refractivity contribution is -0.128. The van der Waals surface area contributed by atoms with Crippen molar-refractivity contribution in [3.05, 3.63) is 24.4 Å². The highest BCUT2D eigenvalue weighted by Crippen LogP contribution is 2.64. The lowest BCUT2D eigenvalue weighted by atomic mass is 9.70. The van der Waals surface area contributed by atoms with Crippen molar-refractivity contribution in [2.45, 2.75) is 33.1 Å². The number of carbonyl (C=O) groups is 1. The number of nitrogens with zero attached hydrogens (tertiary/aromatic N) is 3. The smallest absolute Gasteiger partial charge is 0.215 e. The van der Waals surface area contributed by atoms with Gasteiger partial charge < -0.3 is 4.90 Å². The van der Waals surface area contributed by atoms with Crippen molar-refractivity contribution in [3.63, 3.8) is 0 Å². The molecule has 1 aliphatic heterocycles. The molecule has 3 fully saturated rings. The number of fused-ring (bicyclic) bond motifs is 2. The molecule has 4 rings (SSSR count). The Hall–Kier alpha value is -1.47. The minimum atomic E-state index is -3.45. The van der Waals surface area contributed by atoms with Crippen molar-refractivity contribution in [2.24, 2.45) is 16.7 Å². The summed E-state index contributed by atoms with van der Waals surface area (Å²) in [6.07, 6.45) is 4.00. The lowest BCUT2D eigenvalue weighted by Crippen LogP contribution is -2.52. The fourth-order valence-electron chi connectivity index (χ4n) is 5.25. The molecule has 0 N–H and O–H groups in total. The molecule has 1 aromatic rings. The van der Waals surface area contributed by atoms with Crippen molar-refractivity contribution in [1.29, 1.82) is 0 Å². The average molecular weight is 378 g/mol. The van der Waals surface area contributed by atoms with Crippen LogP contribution in [0.4, 0.5) is 5.82 Å². The third-order valence-corrected chi connectivity index (χ3v) is 9.18. The van der Waals surface area contributed by atoms with Crippen LogP contribution in [0.5, 0.6) is 0 Å². The molecule has 0 radical (unpaired) electrons. The maximum Gasteiger partial charge on any atom is 0.215 e. The minimum absolute atomic E-state index is 0.0219. The van der Waals surface area contributed by atoms with Crippen LogP contribution in [0, 0.1) is 16.7 Å². The van der Waals surface area contributed by atoms with Crippen LogP contribution in [-0.2, 0) is 14.8 Å². The predicted octanol–water partition coefficient (Wildman–Crippen LogP) is 1.93. The van der Waals surface area contributed by atoms with E-state index in [1.54, 1.807) is 10.5 Å². The van der Waals surface area contributed by atoms with E-state index < -0.39 is 15.4 Å². The average Bonchev–Trinajstić information content (AvgIpc) is 2.96. The topological polar surface area (TPSA) is 70.6 Å². The van der Waals surface area contributed by atoms with Gasteiger partial charge in [0.15, 0.2) is 0 Å². The molecule has 2 aliphatic carbocycles. The molecule has 1 aromatic heterocycles. The monoisotopic (exact) mass is 377 g/mol. The van der Waals surface area contributed by atoms with Gasteiger partial charge in [0, 0.05) is 44.2 Å². The highest BCUT2D eigenvalue weighted by molar-refractivity contribution is 7.89. The maximum atomic E-state index is 13.1. The first-order valence-corrected chi connectivity index (χ1v) is 11.0. The van der Waals surface area contributed by atoms with Crippen LogP contribution in [0.2, 0.25) is 0 Å². The van der Waals surface area contributed by atoms with Crippen LogP contribution in [0.3, 0.4) is 0 Å². The van der Waals surface area contributed by atoms with E-state index in [-0.39, 0.29) is 17.0 Å². The van der Waals surface area contributed by atoms with Gasteiger partial charge in [-0.25, -0.2) is 13.4 Å². The summed E-state index contributed by atoms with van der Waals surface area (Å²) < 4.78 is 27.9. The molecule has 0 unspecified atom stereocenters. The van der Waals surface area contributed by atoms with Crippen molar-refractivity contribution >= 4 is 21.6 Å². The number of piperazine rings is 1. The second kappa shape index (κ2) is 6.02. The zero-order valence-electron chi connectivity index (χ0n) is 15.5. The van der Waals surface area contributed by atoms with Gasteiger partial charge in [0.25, 0.3) is 0 Å². The molecule has 3 aliphatic rings. The van der Waals surface area contributed by atoms with Crippen molar-refractivity contribution in [3.8, 4) is 0 Å². The Morgan fingerprint density at radius 2 is 1.92 bits per heavy atom. The molecule has 2 heterocycles. The highest BCUT2D eigenvalue weighted by atomic mass is 32.2. The quantitative estimate of drug-likeness (QED) is 0.802. The Bertz CT molecular complexity index is 801. The summed E-state index contributed by atoms with van der Waals surface area (Å²) in [5.74, 6) is 1.36. The first kappa shape index (κ1) is 17.9. The van der Waals surface area contributed by atoms with Crippen LogP contribution in [-0.4, -0.2) is 55.4 Å². The maximum absolute atomic E-state index is 13.1. The predicted molar refractivity (Wildman–Crippen MR) is 100 cm³/mol. The van der Waals surface area contributed by atoms with E-state index in [1.165, 1.54) is 0 Å². The number of pyridine rings is 1. The van der Waals surface area contributed by atoms with Crippen LogP contribution in [0.1, 0.15) is 33.1 Å². The van der Waals surface area contributed by atoms with Gasteiger partial charge in [-0.3, -0.25) is 4.79 Å². The van der Waals surface area contributed by atoms with E-state index in [9.17, 15) is 13.2 Å². The zero-order chi connectivity index (χ0) is 18.6. The number of carbonyl (C=O) groups excluding carboxylic acids is 1. The number of sulfonamides is 1. The number of aromatic nitrogens is 1. The first-order chi connectivity index (χ1) is 12.3. The molecule has 142 valence electrons. The summed E-state index contributed by atoms with van der Waals surface area (Å²) in [6.45, 7) is 6.33. The molecule has 0 amide bonds. The van der Waals surface area contributed by atoms with Crippen molar-refractivity contribution < 1.29 is 13.2 Å². The van der Waals surface area contributed by atoms with Crippen LogP contribution >= 0.6 is 0 Å². The van der Waals surface area contributed by atoms with Gasteiger partial charge in [0.1, 0.15) is 11.6 Å². The summed E-state index contributed by atoms with van der Waals surface area (Å²) in [6, 6.07) is 5.76. The van der Waals surface area contributed by atoms with Gasteiger partial charge in [0.05, 0.1) is 5.75 Å². The molecular weight excluding hydrogens is 350 g/mol. The minimum Gasteiger partial charge on any atom is -0.354 e. The molecule has 2 atom stereocenters. The molecule has 0 spiro atoms. The summed E-state index contributed by atoms with van der Waals surface area (Å²) in [5.41, 5.74) is -0.901. The molecule has 26 heavy (non-hydrogen) atoms. The Morgan fingerprint density at radius 3 is 2.46 bits per heavy atom. The van der Waals surface area contributed by atoms with E-state index >= 15 is 0 Å². The SMILES string of the molecule is CC1(C)[C@H]2CC[C@@]1(CS(=O)(=O)N1CCN(c3ccccn3)CC1)C(=O)C2. The third kappa shape index (κ3) is 2.59. The summed E-state index contributed by atoms with van der Waals surface area (Å²) in [5, 5.41) is 0. The van der Waals surface area contributed by atoms with Gasteiger partial charge in [-0.2, -0.15) is 4.31 Å². The van der Waals surface area contributed by atoms with Gasteiger partial charge in [-0.15, -0.1) is 0 Å². The lowest BCUT2D eigenvalue weighted by Gasteiger charge is -2.40. The Labute approximate surface area is 155 Å². The number of anilines is 1. The first-order valence-electron chi connectivity index (χ1n) is 9.43. The number of hydrogen-bond acceptors (Lipinski definition) is 5. The van der Waals surface area contributed by atoms with Gasteiger partial charge in [0.2, 0.25) is 10.0 Å². The summed E-state index contributed by atoms with van der Waals surface area (Å²) in [4.78, 5) is 19.1. The number of hydrogen-bond donors (Lipinski definition) is 0. The fourth-order valence-corrected chi connectivity index (χ4v) is 7.45. The third-order valence-electron chi connectivity index (χ3n) is 7.17. The molecule has 2 saturated carbocycles. The highest BCUT2D eigenvalue weighted by Gasteiger charge is 2.65. The van der Waals surface area contributed by atoms with E-state index in [4.69, 9.17) is 0 Å². The standard InChI is InChI=1S/C19H27N3O3S/c1-18(2)15-6-7-19(18,16(23)13-15)14-26(24,25)22-11-9-21(10-12-22)17-5-3-4-8-20-17/h3-5,8,15H,6-7,9-14H2,1-2H3/t15-,19+/m0/s1. The number of ketones is 1. The summed E-state index contributed by atoms with van der Waals surface area (Å²) in [7, 11) is -3.45. The molecule has 2 bridgehead atoms. The fraction of sp³-hybridized carbons (Fsp3) is 0.684. The Balaban J connectivity index is 1.48. The van der Waals surface area contributed by atoms with E-state index in [2.05, 4.69) is 23.7 Å². The normalized spacial score (nSPS) is 31.5. The van der Waals surface area contributed by atoms with Gasteiger partial charge in [-0.05, 0) is 36.3 Å². The molecule has 1 saturated heterocycles. The Morgan fingerprint density at radius 1 is 1.19 bits per heavy atom. The van der Waals surface area contributed by atoms with Crippen molar-refractivity contribution in [1.82, 2.24) is 9.29 Å². The molecular formula is C19H27N3O3S. The van der Waals surface area contributed by atoms with E-state index in [0.717, 1.165) is 18.7 Å². The largest absolute Gasteiger partial charge is 0.354 e. The molecule has 6 nitrogen and oxygen atoms in total. The molecule has 7 heteroatoms. The zero-order valence-corrected chi connectivity index (χ0v) is 16.3. The van der Waals surface area contributed by atoms with Crippen LogP contribution < -0.4 is 4.90 Å². The Kier molecular flexibility index (Phi) is 4.15. The van der Waals surface area contributed by atoms with Crippen LogP contribution in [0.15, 0.2) is 24.4 Å². The second-order valence-corrected chi connectivity index (χ2v) is 10.5. The second-order valence-electron chi connectivity index (χ2n) is 8.50. The number of rotatable bonds is 4. The van der Waals surface area contributed by atoms with Crippen LogP contribution in [0.25, 0.3) is 0 Å². The van der Waals surface area contributed by atoms with E-state index in [1.807, 2.05) is 18.2 Å². The van der Waals surface area contributed by atoms with E-state index in [0.29, 0.717) is 38.5 Å². The van der Waals surface area contributed by atoms with Crippen molar-refractivity contribution in [2.75, 3.05) is 36.8 Å². The number of Topliss-reactive ketones (excluding diaryl/α,β-unsaturated/α-hetero) is 1. The summed E-state index contributed by atoms with van der Waals surface area (Å²) >= 11 is 0. The van der Waals surface area contributed by atoms with Gasteiger partial charge >= 0.3 is 0 Å². The van der Waals surface area contributed by atoms with Gasteiger partial charge in [-0.1, -0.05) is 19.9 Å².